The van der Waals surface area contributed by atoms with Gasteiger partial charge in [0.25, 0.3) is 0 Å². The van der Waals surface area contributed by atoms with Crippen molar-refractivity contribution in [3.63, 3.8) is 0 Å². The minimum Gasteiger partial charge on any atom is -0.494 e. The maximum absolute atomic E-state index is 5.78. The maximum atomic E-state index is 5.78. The van der Waals surface area contributed by atoms with Gasteiger partial charge in [-0.2, -0.15) is 0 Å². The number of nitrogens with zero attached hydrogens (tertiary/aromatic N) is 1. The molecule has 19 heavy (non-hydrogen) atoms. The average molecular weight is 262 g/mol. The molecule has 0 radical (unpaired) electrons. The lowest BCUT2D eigenvalue weighted by Gasteiger charge is -2.30. The van der Waals surface area contributed by atoms with Gasteiger partial charge in [-0.1, -0.05) is 19.1 Å². The predicted molar refractivity (Wildman–Crippen MR) is 79.3 cm³/mol. The summed E-state index contributed by atoms with van der Waals surface area (Å²) in [5, 5.41) is 0. The summed E-state index contributed by atoms with van der Waals surface area (Å²) in [6, 6.07) is 8.07. The third-order valence-electron chi connectivity index (χ3n) is 3.76. The molecule has 0 bridgehead atoms. The van der Waals surface area contributed by atoms with Crippen molar-refractivity contribution < 1.29 is 4.74 Å². The fraction of sp³-hybridized carbons (Fsp3) is 0.625. The number of likely N-dealkylation sites (tertiary alicyclic amines) is 1. The van der Waals surface area contributed by atoms with E-state index in [0.717, 1.165) is 36.8 Å². The summed E-state index contributed by atoms with van der Waals surface area (Å²) in [5.41, 5.74) is 6.75. The van der Waals surface area contributed by atoms with Crippen LogP contribution in [0.4, 0.5) is 0 Å². The Labute approximate surface area is 116 Å². The maximum Gasteiger partial charge on any atom is 0.119 e. The Morgan fingerprint density at radius 1 is 1.42 bits per heavy atom. The van der Waals surface area contributed by atoms with E-state index in [9.17, 15) is 0 Å². The van der Waals surface area contributed by atoms with Crippen LogP contribution in [0.5, 0.6) is 5.75 Å². The van der Waals surface area contributed by atoms with Crippen LogP contribution in [0.15, 0.2) is 24.3 Å². The Kier molecular flexibility index (Phi) is 5.67. The van der Waals surface area contributed by atoms with E-state index in [-0.39, 0.29) is 0 Å². The summed E-state index contributed by atoms with van der Waals surface area (Å²) >= 11 is 0. The molecule has 1 aliphatic heterocycles. The smallest absolute Gasteiger partial charge is 0.119 e. The first-order valence-electron chi connectivity index (χ1n) is 7.42. The first-order chi connectivity index (χ1) is 9.28. The largest absolute Gasteiger partial charge is 0.494 e. The molecule has 2 N–H and O–H groups in total. The topological polar surface area (TPSA) is 38.5 Å². The first kappa shape index (κ1) is 14.4. The van der Waals surface area contributed by atoms with Crippen molar-refractivity contribution in [2.75, 3.05) is 26.2 Å². The summed E-state index contributed by atoms with van der Waals surface area (Å²) in [5.74, 6) is 1.80. The van der Waals surface area contributed by atoms with E-state index in [4.69, 9.17) is 10.5 Å². The molecule has 0 amide bonds. The van der Waals surface area contributed by atoms with Gasteiger partial charge in [0.1, 0.15) is 5.75 Å². The summed E-state index contributed by atoms with van der Waals surface area (Å²) in [7, 11) is 0. The molecule has 106 valence electrons. The van der Waals surface area contributed by atoms with Crippen molar-refractivity contribution in [1.29, 1.82) is 0 Å². The van der Waals surface area contributed by atoms with Gasteiger partial charge in [0.05, 0.1) is 6.61 Å². The van der Waals surface area contributed by atoms with E-state index in [1.165, 1.54) is 25.9 Å². The lowest BCUT2D eigenvalue weighted by molar-refractivity contribution is 0.170. The minimum atomic E-state index is 0.572. The highest BCUT2D eigenvalue weighted by Gasteiger charge is 2.15. The minimum absolute atomic E-state index is 0.572. The highest BCUT2D eigenvalue weighted by molar-refractivity contribution is 5.28. The zero-order valence-corrected chi connectivity index (χ0v) is 12.0. The lowest BCUT2D eigenvalue weighted by atomic mass is 10.0. The van der Waals surface area contributed by atoms with Crippen molar-refractivity contribution in [3.8, 4) is 5.75 Å². The van der Waals surface area contributed by atoms with E-state index in [1.54, 1.807) is 0 Å². The van der Waals surface area contributed by atoms with Gasteiger partial charge in [0.2, 0.25) is 0 Å². The number of nitrogens with two attached hydrogens (primary N) is 1. The number of rotatable bonds is 6. The third kappa shape index (κ3) is 4.84. The van der Waals surface area contributed by atoms with Gasteiger partial charge >= 0.3 is 0 Å². The Hall–Kier alpha value is -1.06. The van der Waals surface area contributed by atoms with Gasteiger partial charge < -0.3 is 15.4 Å². The van der Waals surface area contributed by atoms with Crippen LogP contribution in [0.1, 0.15) is 31.7 Å². The van der Waals surface area contributed by atoms with Crippen LogP contribution in [0.3, 0.4) is 0 Å². The van der Waals surface area contributed by atoms with Crippen LogP contribution in [0.25, 0.3) is 0 Å². The molecular formula is C16H26N2O. The number of hydrogen-bond donors (Lipinski definition) is 1. The monoisotopic (exact) mass is 262 g/mol. The predicted octanol–water partition coefficient (Wildman–Crippen LogP) is 2.65. The number of ether oxygens (including phenoxy) is 1. The Morgan fingerprint density at radius 2 is 2.32 bits per heavy atom. The molecule has 0 spiro atoms. The van der Waals surface area contributed by atoms with Crippen LogP contribution >= 0.6 is 0 Å². The van der Waals surface area contributed by atoms with Gasteiger partial charge in [-0.05, 0) is 49.4 Å². The third-order valence-corrected chi connectivity index (χ3v) is 3.76. The standard InChI is InChI=1S/C16H26N2O/c1-14-5-3-8-18(13-14)9-4-10-19-16-7-2-6-15(11-16)12-17/h2,6-7,11,14H,3-5,8-10,12-13,17H2,1H3. The first-order valence-corrected chi connectivity index (χ1v) is 7.42. The number of piperidine rings is 1. The van der Waals surface area contributed by atoms with Gasteiger partial charge in [-0.3, -0.25) is 0 Å². The molecule has 2 rings (SSSR count). The van der Waals surface area contributed by atoms with Crippen molar-refractivity contribution >= 4 is 0 Å². The summed E-state index contributed by atoms with van der Waals surface area (Å²) in [6.45, 7) is 7.37. The van der Waals surface area contributed by atoms with E-state index in [0.29, 0.717) is 6.54 Å². The van der Waals surface area contributed by atoms with Crippen molar-refractivity contribution in [3.05, 3.63) is 29.8 Å². The number of benzene rings is 1. The highest BCUT2D eigenvalue weighted by atomic mass is 16.5. The van der Waals surface area contributed by atoms with Crippen LogP contribution in [-0.4, -0.2) is 31.1 Å². The SMILES string of the molecule is CC1CCCN(CCCOc2cccc(CN)c2)C1. The summed E-state index contributed by atoms with van der Waals surface area (Å²) in [6.07, 6.45) is 3.83. The van der Waals surface area contributed by atoms with Crippen LogP contribution < -0.4 is 10.5 Å². The molecule has 0 aromatic heterocycles. The quantitative estimate of drug-likeness (QED) is 0.801. The van der Waals surface area contributed by atoms with Gasteiger partial charge in [-0.25, -0.2) is 0 Å². The lowest BCUT2D eigenvalue weighted by Crippen LogP contribution is -2.35. The molecule has 1 aromatic rings. The van der Waals surface area contributed by atoms with Crippen LogP contribution in [-0.2, 0) is 6.54 Å². The molecule has 1 heterocycles. The van der Waals surface area contributed by atoms with E-state index in [1.807, 2.05) is 24.3 Å². The van der Waals surface area contributed by atoms with Gasteiger partial charge in [-0.15, -0.1) is 0 Å². The Morgan fingerprint density at radius 3 is 3.11 bits per heavy atom. The molecule has 3 heteroatoms. The van der Waals surface area contributed by atoms with E-state index >= 15 is 0 Å². The molecule has 1 aliphatic rings. The van der Waals surface area contributed by atoms with Crippen molar-refractivity contribution in [2.24, 2.45) is 11.7 Å². The molecule has 1 atom stereocenters. The van der Waals surface area contributed by atoms with E-state index in [2.05, 4.69) is 11.8 Å². The average Bonchev–Trinajstić information content (AvgIpc) is 2.44. The zero-order valence-electron chi connectivity index (χ0n) is 12.0. The normalized spacial score (nSPS) is 20.4. The molecule has 0 aliphatic carbocycles. The summed E-state index contributed by atoms with van der Waals surface area (Å²) < 4.78 is 5.78. The second-order valence-corrected chi connectivity index (χ2v) is 5.60. The molecule has 0 saturated carbocycles. The molecule has 1 fully saturated rings. The van der Waals surface area contributed by atoms with Crippen molar-refractivity contribution in [1.82, 2.24) is 4.90 Å². The fourth-order valence-corrected chi connectivity index (χ4v) is 2.73. The second kappa shape index (κ2) is 7.51. The molecule has 1 saturated heterocycles. The van der Waals surface area contributed by atoms with Gasteiger partial charge in [0.15, 0.2) is 0 Å². The zero-order chi connectivity index (χ0) is 13.5. The molecule has 1 unspecified atom stereocenters. The Balaban J connectivity index is 1.66. The Bertz CT molecular complexity index is 381. The second-order valence-electron chi connectivity index (χ2n) is 5.60. The van der Waals surface area contributed by atoms with Crippen LogP contribution in [0.2, 0.25) is 0 Å². The summed E-state index contributed by atoms with van der Waals surface area (Å²) in [4.78, 5) is 2.56. The fourth-order valence-electron chi connectivity index (χ4n) is 2.73. The van der Waals surface area contributed by atoms with E-state index < -0.39 is 0 Å². The van der Waals surface area contributed by atoms with Crippen LogP contribution in [0, 0.1) is 5.92 Å². The van der Waals surface area contributed by atoms with Gasteiger partial charge in [0, 0.05) is 19.6 Å². The highest BCUT2D eigenvalue weighted by Crippen LogP contribution is 2.16. The molecular weight excluding hydrogens is 236 g/mol. The number of hydrogen-bond acceptors (Lipinski definition) is 3. The van der Waals surface area contributed by atoms with Crippen molar-refractivity contribution in [2.45, 2.75) is 32.7 Å². The molecule has 1 aromatic carbocycles. The molecule has 3 nitrogen and oxygen atoms in total.